The average molecular weight is 289 g/mol. The molecule has 20 heavy (non-hydrogen) atoms. The number of thiazole rings is 1. The molecule has 0 bridgehead atoms. The monoisotopic (exact) mass is 289 g/mol. The number of aromatic nitrogens is 1. The van der Waals surface area contributed by atoms with Crippen LogP contribution in [0.5, 0.6) is 0 Å². The summed E-state index contributed by atoms with van der Waals surface area (Å²) < 4.78 is 1.06. The Balaban J connectivity index is 1.53. The summed E-state index contributed by atoms with van der Waals surface area (Å²) in [6, 6.07) is 5.68. The lowest BCUT2D eigenvalue weighted by Gasteiger charge is -2.22. The van der Waals surface area contributed by atoms with Crippen LogP contribution < -0.4 is 10.6 Å². The predicted molar refractivity (Wildman–Crippen MR) is 82.2 cm³/mol. The van der Waals surface area contributed by atoms with Crippen molar-refractivity contribution in [3.05, 3.63) is 29.3 Å². The molecule has 0 saturated carbocycles. The van der Waals surface area contributed by atoms with Gasteiger partial charge in [-0.15, -0.1) is 11.3 Å². The van der Waals surface area contributed by atoms with Crippen molar-refractivity contribution in [2.45, 2.75) is 19.3 Å². The quantitative estimate of drug-likeness (QED) is 0.909. The van der Waals surface area contributed by atoms with Crippen LogP contribution in [0.15, 0.2) is 23.7 Å². The van der Waals surface area contributed by atoms with Crippen LogP contribution in [-0.4, -0.2) is 30.5 Å². The number of carbonyl (C=O) groups is 1. The van der Waals surface area contributed by atoms with E-state index < -0.39 is 0 Å². The number of nitrogens with one attached hydrogen (secondary N) is 2. The molecule has 3 rings (SSSR count). The SMILES string of the molecule is O=C(NCCC1CCCNC1)c1ccc2ncsc2c1. The fourth-order valence-electron chi connectivity index (χ4n) is 2.66. The summed E-state index contributed by atoms with van der Waals surface area (Å²) in [5.41, 5.74) is 3.49. The number of fused-ring (bicyclic) bond motifs is 1. The second-order valence-corrected chi connectivity index (χ2v) is 6.18. The van der Waals surface area contributed by atoms with Crippen molar-refractivity contribution < 1.29 is 4.79 Å². The van der Waals surface area contributed by atoms with Gasteiger partial charge < -0.3 is 10.6 Å². The van der Waals surface area contributed by atoms with E-state index in [4.69, 9.17) is 0 Å². The van der Waals surface area contributed by atoms with Gasteiger partial charge in [-0.05, 0) is 56.5 Å². The van der Waals surface area contributed by atoms with E-state index in [9.17, 15) is 4.79 Å². The van der Waals surface area contributed by atoms with Crippen molar-refractivity contribution in [3.8, 4) is 0 Å². The van der Waals surface area contributed by atoms with Crippen LogP contribution in [0.25, 0.3) is 10.2 Å². The van der Waals surface area contributed by atoms with E-state index in [0.29, 0.717) is 5.92 Å². The molecule has 2 heterocycles. The number of piperidine rings is 1. The maximum absolute atomic E-state index is 12.1. The highest BCUT2D eigenvalue weighted by Gasteiger charge is 2.13. The zero-order valence-corrected chi connectivity index (χ0v) is 12.2. The Morgan fingerprint density at radius 3 is 3.30 bits per heavy atom. The van der Waals surface area contributed by atoms with Gasteiger partial charge in [0.1, 0.15) is 0 Å². The Hall–Kier alpha value is -1.46. The molecule has 1 atom stereocenters. The summed E-state index contributed by atoms with van der Waals surface area (Å²) >= 11 is 1.57. The maximum Gasteiger partial charge on any atom is 0.251 e. The second kappa shape index (κ2) is 6.33. The minimum Gasteiger partial charge on any atom is -0.352 e. The molecule has 1 aliphatic rings. The van der Waals surface area contributed by atoms with Crippen molar-refractivity contribution in [3.63, 3.8) is 0 Å². The van der Waals surface area contributed by atoms with Crippen LogP contribution in [0.4, 0.5) is 0 Å². The molecule has 0 aliphatic carbocycles. The number of carbonyl (C=O) groups excluding carboxylic acids is 1. The molecule has 4 nitrogen and oxygen atoms in total. The molecule has 2 aromatic rings. The highest BCUT2D eigenvalue weighted by molar-refractivity contribution is 7.16. The lowest BCUT2D eigenvalue weighted by molar-refractivity contribution is 0.0951. The van der Waals surface area contributed by atoms with E-state index in [1.54, 1.807) is 11.3 Å². The van der Waals surface area contributed by atoms with Crippen molar-refractivity contribution >= 4 is 27.5 Å². The van der Waals surface area contributed by atoms with E-state index in [1.165, 1.54) is 12.8 Å². The van der Waals surface area contributed by atoms with Crippen LogP contribution in [0.1, 0.15) is 29.6 Å². The number of hydrogen-bond acceptors (Lipinski definition) is 4. The highest BCUT2D eigenvalue weighted by atomic mass is 32.1. The van der Waals surface area contributed by atoms with Gasteiger partial charge in [0.15, 0.2) is 0 Å². The first kappa shape index (κ1) is 13.5. The molecule has 1 aliphatic heterocycles. The molecule has 2 N–H and O–H groups in total. The van der Waals surface area contributed by atoms with Crippen LogP contribution in [-0.2, 0) is 0 Å². The number of hydrogen-bond donors (Lipinski definition) is 2. The molecule has 1 unspecified atom stereocenters. The van der Waals surface area contributed by atoms with Crippen LogP contribution in [0.3, 0.4) is 0 Å². The van der Waals surface area contributed by atoms with E-state index in [-0.39, 0.29) is 5.91 Å². The summed E-state index contributed by atoms with van der Waals surface area (Å²) in [6.07, 6.45) is 3.58. The molecular formula is C15H19N3OS. The second-order valence-electron chi connectivity index (χ2n) is 5.29. The van der Waals surface area contributed by atoms with Gasteiger partial charge in [-0.2, -0.15) is 0 Å². The van der Waals surface area contributed by atoms with Crippen LogP contribution in [0, 0.1) is 5.92 Å². The van der Waals surface area contributed by atoms with Gasteiger partial charge in [0, 0.05) is 12.1 Å². The van der Waals surface area contributed by atoms with E-state index in [0.717, 1.165) is 41.8 Å². The zero-order chi connectivity index (χ0) is 13.8. The third-order valence-corrected chi connectivity index (χ3v) is 4.62. The third kappa shape index (κ3) is 3.16. The number of rotatable bonds is 4. The van der Waals surface area contributed by atoms with Crippen LogP contribution >= 0.6 is 11.3 Å². The minimum absolute atomic E-state index is 0.0177. The van der Waals surface area contributed by atoms with E-state index >= 15 is 0 Å². The first-order valence-corrected chi connectivity index (χ1v) is 8.03. The molecule has 1 aromatic carbocycles. The van der Waals surface area contributed by atoms with E-state index in [1.807, 2.05) is 23.7 Å². The van der Waals surface area contributed by atoms with E-state index in [2.05, 4.69) is 15.6 Å². The summed E-state index contributed by atoms with van der Waals surface area (Å²) in [5, 5.41) is 6.42. The Bertz CT molecular complexity index is 590. The lowest BCUT2D eigenvalue weighted by Crippen LogP contribution is -2.33. The fraction of sp³-hybridized carbons (Fsp3) is 0.467. The molecule has 1 saturated heterocycles. The Labute approximate surface area is 122 Å². The smallest absolute Gasteiger partial charge is 0.251 e. The molecular weight excluding hydrogens is 270 g/mol. The summed E-state index contributed by atoms with van der Waals surface area (Å²) in [6.45, 7) is 2.98. The molecule has 1 fully saturated rings. The summed E-state index contributed by atoms with van der Waals surface area (Å²) in [4.78, 5) is 16.3. The number of benzene rings is 1. The normalized spacial score (nSPS) is 19.1. The first-order chi connectivity index (χ1) is 9.83. The molecule has 1 amide bonds. The number of nitrogens with zero attached hydrogens (tertiary/aromatic N) is 1. The third-order valence-electron chi connectivity index (χ3n) is 3.83. The largest absolute Gasteiger partial charge is 0.352 e. The molecule has 5 heteroatoms. The zero-order valence-electron chi connectivity index (χ0n) is 11.4. The topological polar surface area (TPSA) is 54.0 Å². The van der Waals surface area contributed by atoms with Gasteiger partial charge in [0.25, 0.3) is 5.91 Å². The van der Waals surface area contributed by atoms with Gasteiger partial charge >= 0.3 is 0 Å². The molecule has 106 valence electrons. The lowest BCUT2D eigenvalue weighted by atomic mass is 9.96. The molecule has 1 aromatic heterocycles. The Morgan fingerprint density at radius 1 is 1.50 bits per heavy atom. The maximum atomic E-state index is 12.1. The van der Waals surface area contributed by atoms with Gasteiger partial charge in [-0.1, -0.05) is 0 Å². The summed E-state index contributed by atoms with van der Waals surface area (Å²) in [5.74, 6) is 0.720. The van der Waals surface area contributed by atoms with Gasteiger partial charge in [0.05, 0.1) is 15.7 Å². The summed E-state index contributed by atoms with van der Waals surface area (Å²) in [7, 11) is 0. The average Bonchev–Trinajstić information content (AvgIpc) is 2.95. The van der Waals surface area contributed by atoms with Crippen molar-refractivity contribution in [2.75, 3.05) is 19.6 Å². The van der Waals surface area contributed by atoms with Gasteiger partial charge in [-0.3, -0.25) is 4.79 Å². The highest BCUT2D eigenvalue weighted by Crippen LogP contribution is 2.19. The van der Waals surface area contributed by atoms with Crippen LogP contribution in [0.2, 0.25) is 0 Å². The molecule has 0 radical (unpaired) electrons. The molecule has 0 spiro atoms. The van der Waals surface area contributed by atoms with Gasteiger partial charge in [-0.25, -0.2) is 4.98 Å². The predicted octanol–water partition coefficient (Wildman–Crippen LogP) is 2.42. The number of amides is 1. The minimum atomic E-state index is 0.0177. The van der Waals surface area contributed by atoms with Gasteiger partial charge in [0.2, 0.25) is 0 Å². The first-order valence-electron chi connectivity index (χ1n) is 7.15. The Morgan fingerprint density at radius 2 is 2.45 bits per heavy atom. The fourth-order valence-corrected chi connectivity index (χ4v) is 3.37. The van der Waals surface area contributed by atoms with Crippen molar-refractivity contribution in [1.29, 1.82) is 0 Å². The Kier molecular flexibility index (Phi) is 4.28. The standard InChI is InChI=1S/C15H19N3OS/c19-15(17-7-5-11-2-1-6-16-9-11)12-3-4-13-14(8-12)20-10-18-13/h3-4,8,10-11,16H,1-2,5-7,9H2,(H,17,19). The van der Waals surface area contributed by atoms with Crippen molar-refractivity contribution in [2.24, 2.45) is 5.92 Å². The van der Waals surface area contributed by atoms with Crippen molar-refractivity contribution in [1.82, 2.24) is 15.6 Å².